The fraction of sp³-hybridized carbons (Fsp3) is 0.909. The zero-order chi connectivity index (χ0) is 10.8. The van der Waals surface area contributed by atoms with Crippen LogP contribution in [0.25, 0.3) is 0 Å². The fourth-order valence-electron chi connectivity index (χ4n) is 2.36. The van der Waals surface area contributed by atoms with E-state index < -0.39 is 0 Å². The summed E-state index contributed by atoms with van der Waals surface area (Å²) in [6.07, 6.45) is 3.18. The van der Waals surface area contributed by atoms with Gasteiger partial charge in [0.15, 0.2) is 0 Å². The second-order valence-electron chi connectivity index (χ2n) is 4.73. The van der Waals surface area contributed by atoms with Crippen molar-refractivity contribution in [3.05, 3.63) is 0 Å². The van der Waals surface area contributed by atoms with Gasteiger partial charge in [0.1, 0.15) is 0 Å². The molecule has 0 bridgehead atoms. The zero-order valence-corrected chi connectivity index (χ0v) is 9.11. The van der Waals surface area contributed by atoms with Gasteiger partial charge < -0.3 is 15.2 Å². The number of methoxy groups -OCH3 is 1. The maximum Gasteiger partial charge on any atom is 0.223 e. The molecule has 0 aromatic rings. The van der Waals surface area contributed by atoms with Crippen molar-refractivity contribution >= 4 is 5.91 Å². The monoisotopic (exact) mass is 213 g/mol. The molecule has 0 aliphatic heterocycles. The summed E-state index contributed by atoms with van der Waals surface area (Å²) in [7, 11) is 1.67. The SMILES string of the molecule is COC[C@H]1C[C@@H]1C(=O)NC1CC[C@@H](O)C1. The molecule has 1 unspecified atom stereocenters. The van der Waals surface area contributed by atoms with Crippen molar-refractivity contribution in [1.29, 1.82) is 0 Å². The molecule has 0 spiro atoms. The van der Waals surface area contributed by atoms with E-state index in [-0.39, 0.29) is 24.0 Å². The highest BCUT2D eigenvalue weighted by atomic mass is 16.5. The Morgan fingerprint density at radius 2 is 2.27 bits per heavy atom. The van der Waals surface area contributed by atoms with Crippen LogP contribution in [0.1, 0.15) is 25.7 Å². The molecule has 15 heavy (non-hydrogen) atoms. The molecule has 2 aliphatic carbocycles. The Morgan fingerprint density at radius 3 is 2.87 bits per heavy atom. The summed E-state index contributed by atoms with van der Waals surface area (Å²) >= 11 is 0. The molecule has 0 aromatic carbocycles. The van der Waals surface area contributed by atoms with Gasteiger partial charge in [-0.3, -0.25) is 4.79 Å². The Morgan fingerprint density at radius 1 is 1.47 bits per heavy atom. The highest BCUT2D eigenvalue weighted by Gasteiger charge is 2.43. The van der Waals surface area contributed by atoms with Crippen LogP contribution in [0.4, 0.5) is 0 Å². The van der Waals surface area contributed by atoms with E-state index in [1.54, 1.807) is 7.11 Å². The van der Waals surface area contributed by atoms with E-state index in [9.17, 15) is 9.90 Å². The van der Waals surface area contributed by atoms with Gasteiger partial charge in [-0.1, -0.05) is 0 Å². The molecule has 2 saturated carbocycles. The van der Waals surface area contributed by atoms with Crippen LogP contribution in [0.2, 0.25) is 0 Å². The van der Waals surface area contributed by atoms with Gasteiger partial charge in [0.25, 0.3) is 0 Å². The van der Waals surface area contributed by atoms with Crippen molar-refractivity contribution in [2.24, 2.45) is 11.8 Å². The van der Waals surface area contributed by atoms with E-state index in [0.717, 1.165) is 19.3 Å². The van der Waals surface area contributed by atoms with Crippen LogP contribution in [0.15, 0.2) is 0 Å². The number of rotatable bonds is 4. The highest BCUT2D eigenvalue weighted by Crippen LogP contribution is 2.39. The molecular weight excluding hydrogens is 194 g/mol. The highest BCUT2D eigenvalue weighted by molar-refractivity contribution is 5.81. The van der Waals surface area contributed by atoms with Crippen LogP contribution in [-0.2, 0) is 9.53 Å². The topological polar surface area (TPSA) is 58.6 Å². The maximum absolute atomic E-state index is 11.7. The minimum Gasteiger partial charge on any atom is -0.393 e. The van der Waals surface area contributed by atoms with Crippen LogP contribution in [-0.4, -0.2) is 36.9 Å². The third-order valence-corrected chi connectivity index (χ3v) is 3.39. The molecule has 4 heteroatoms. The fourth-order valence-corrected chi connectivity index (χ4v) is 2.36. The van der Waals surface area contributed by atoms with E-state index in [2.05, 4.69) is 5.32 Å². The number of carbonyl (C=O) groups is 1. The first-order valence-electron chi connectivity index (χ1n) is 5.68. The number of carbonyl (C=O) groups excluding carboxylic acids is 1. The first-order valence-corrected chi connectivity index (χ1v) is 5.68. The van der Waals surface area contributed by atoms with Gasteiger partial charge in [-0.05, 0) is 31.6 Å². The average molecular weight is 213 g/mol. The van der Waals surface area contributed by atoms with Crippen molar-refractivity contribution in [3.8, 4) is 0 Å². The molecular formula is C11H19NO3. The Bertz CT molecular complexity index is 244. The standard InChI is InChI=1S/C11H19NO3/c1-15-6-7-4-10(7)11(14)12-8-2-3-9(13)5-8/h7-10,13H,2-6H2,1H3,(H,12,14)/t7-,8?,9-,10+/m1/s1. The van der Waals surface area contributed by atoms with Crippen molar-refractivity contribution in [1.82, 2.24) is 5.32 Å². The second-order valence-corrected chi connectivity index (χ2v) is 4.73. The lowest BCUT2D eigenvalue weighted by molar-refractivity contribution is -0.123. The van der Waals surface area contributed by atoms with Crippen LogP contribution in [0.3, 0.4) is 0 Å². The molecule has 0 heterocycles. The Balaban J connectivity index is 1.70. The smallest absolute Gasteiger partial charge is 0.223 e. The molecule has 2 aliphatic rings. The molecule has 2 N–H and O–H groups in total. The van der Waals surface area contributed by atoms with Crippen LogP contribution < -0.4 is 5.32 Å². The molecule has 86 valence electrons. The number of aliphatic hydroxyl groups excluding tert-OH is 1. The summed E-state index contributed by atoms with van der Waals surface area (Å²) in [5, 5.41) is 12.3. The number of ether oxygens (including phenoxy) is 1. The number of hydrogen-bond donors (Lipinski definition) is 2. The zero-order valence-electron chi connectivity index (χ0n) is 9.11. The van der Waals surface area contributed by atoms with E-state index in [4.69, 9.17) is 4.74 Å². The molecule has 0 radical (unpaired) electrons. The number of nitrogens with one attached hydrogen (secondary N) is 1. The summed E-state index contributed by atoms with van der Waals surface area (Å²) in [6, 6.07) is 0.191. The van der Waals surface area contributed by atoms with Crippen molar-refractivity contribution in [3.63, 3.8) is 0 Å². The van der Waals surface area contributed by atoms with Gasteiger partial charge >= 0.3 is 0 Å². The minimum atomic E-state index is -0.218. The maximum atomic E-state index is 11.7. The van der Waals surface area contributed by atoms with E-state index >= 15 is 0 Å². The summed E-state index contributed by atoms with van der Waals surface area (Å²) in [5.41, 5.74) is 0. The second kappa shape index (κ2) is 4.49. The lowest BCUT2D eigenvalue weighted by atomic mass is 10.2. The van der Waals surface area contributed by atoms with Crippen LogP contribution >= 0.6 is 0 Å². The first kappa shape index (κ1) is 10.9. The average Bonchev–Trinajstić information content (AvgIpc) is 2.84. The summed E-state index contributed by atoms with van der Waals surface area (Å²) < 4.78 is 5.01. The summed E-state index contributed by atoms with van der Waals surface area (Å²) in [4.78, 5) is 11.7. The van der Waals surface area contributed by atoms with Gasteiger partial charge in [0, 0.05) is 25.7 Å². The number of amides is 1. The molecule has 4 nitrogen and oxygen atoms in total. The number of hydrogen-bond acceptors (Lipinski definition) is 3. The number of aliphatic hydroxyl groups is 1. The largest absolute Gasteiger partial charge is 0.393 e. The van der Waals surface area contributed by atoms with Gasteiger partial charge in [-0.15, -0.1) is 0 Å². The Hall–Kier alpha value is -0.610. The van der Waals surface area contributed by atoms with Crippen molar-refractivity contribution < 1.29 is 14.6 Å². The third kappa shape index (κ3) is 2.69. The van der Waals surface area contributed by atoms with E-state index in [0.29, 0.717) is 18.9 Å². The van der Waals surface area contributed by atoms with Gasteiger partial charge in [-0.2, -0.15) is 0 Å². The molecule has 4 atom stereocenters. The molecule has 0 aromatic heterocycles. The van der Waals surface area contributed by atoms with Gasteiger partial charge in [0.05, 0.1) is 6.10 Å². The lowest BCUT2D eigenvalue weighted by Crippen LogP contribution is -2.34. The quantitative estimate of drug-likeness (QED) is 0.706. The Labute approximate surface area is 90.0 Å². The molecule has 2 rings (SSSR count). The first-order chi connectivity index (χ1) is 7.20. The Kier molecular flexibility index (Phi) is 3.26. The van der Waals surface area contributed by atoms with Gasteiger partial charge in [0.2, 0.25) is 5.91 Å². The van der Waals surface area contributed by atoms with Crippen molar-refractivity contribution in [2.45, 2.75) is 37.8 Å². The minimum absolute atomic E-state index is 0.149. The van der Waals surface area contributed by atoms with Crippen LogP contribution in [0, 0.1) is 11.8 Å². The van der Waals surface area contributed by atoms with E-state index in [1.165, 1.54) is 0 Å². The van der Waals surface area contributed by atoms with E-state index in [1.807, 2.05) is 0 Å². The van der Waals surface area contributed by atoms with Gasteiger partial charge in [-0.25, -0.2) is 0 Å². The lowest BCUT2D eigenvalue weighted by Gasteiger charge is -2.11. The predicted molar refractivity (Wildman–Crippen MR) is 55.3 cm³/mol. The summed E-state index contributed by atoms with van der Waals surface area (Å²) in [6.45, 7) is 0.686. The molecule has 2 fully saturated rings. The molecule has 0 saturated heterocycles. The van der Waals surface area contributed by atoms with Crippen LogP contribution in [0.5, 0.6) is 0 Å². The van der Waals surface area contributed by atoms with Crippen molar-refractivity contribution in [2.75, 3.05) is 13.7 Å². The predicted octanol–water partition coefficient (Wildman–Crippen LogP) is 0.298. The normalized spacial score (nSPS) is 39.1. The molecule has 1 amide bonds. The third-order valence-electron chi connectivity index (χ3n) is 3.39. The summed E-state index contributed by atoms with van der Waals surface area (Å²) in [5.74, 6) is 0.722.